The van der Waals surface area contributed by atoms with Crippen LogP contribution in [-0.2, 0) is 4.79 Å². The molecule has 3 aromatic heterocycles. The number of hydrogen-bond acceptors (Lipinski definition) is 5. The normalized spacial score (nSPS) is 10.1. The monoisotopic (exact) mass is 419 g/mol. The topological polar surface area (TPSA) is 90.2 Å². The van der Waals surface area contributed by atoms with Crippen molar-refractivity contribution >= 4 is 27.9 Å². The summed E-state index contributed by atoms with van der Waals surface area (Å²) < 4.78 is 16.5. The molecule has 4 aromatic rings. The van der Waals surface area contributed by atoms with Gasteiger partial charge in [0, 0.05) is 34.8 Å². The Bertz CT molecular complexity index is 1110. The van der Waals surface area contributed by atoms with Crippen LogP contribution < -0.4 is 18.9 Å². The minimum absolute atomic E-state index is 0. The van der Waals surface area contributed by atoms with Crippen molar-refractivity contribution in [2.24, 2.45) is 0 Å². The third-order valence-electron chi connectivity index (χ3n) is 3.71. The second-order valence-corrected chi connectivity index (χ2v) is 6.20. The number of aromatic nitrogens is 4. The molecule has 0 aliphatic heterocycles. The molecule has 27 heavy (non-hydrogen) atoms. The first-order valence-electron chi connectivity index (χ1n) is 7.30. The molecule has 0 radical (unpaired) electrons. The van der Waals surface area contributed by atoms with Crippen LogP contribution in [0.1, 0.15) is 5.69 Å². The van der Waals surface area contributed by atoms with E-state index in [9.17, 15) is 9.18 Å². The Kier molecular flexibility index (Phi) is 6.62. The van der Waals surface area contributed by atoms with Crippen molar-refractivity contribution in [1.29, 1.82) is 0 Å². The quantitative estimate of drug-likeness (QED) is 0.359. The molecule has 1 aromatic carbocycles. The fourth-order valence-corrected chi connectivity index (χ4v) is 2.92. The van der Waals surface area contributed by atoms with Crippen LogP contribution in [0.2, 0.25) is 0 Å². The van der Waals surface area contributed by atoms with E-state index in [-0.39, 0.29) is 30.0 Å². The van der Waals surface area contributed by atoms with Gasteiger partial charge in [-0.05, 0) is 41.6 Å². The Balaban J connectivity index is 0.00000131. The summed E-state index contributed by atoms with van der Waals surface area (Å²) >= 11 is 3.24. The van der Waals surface area contributed by atoms with E-state index in [4.69, 9.17) is 0 Å². The van der Waals surface area contributed by atoms with Crippen molar-refractivity contribution in [3.05, 3.63) is 70.8 Å². The summed E-state index contributed by atoms with van der Waals surface area (Å²) in [6.45, 7) is 0. The average Bonchev–Trinajstić information content (AvgIpc) is 3.05. The molecule has 0 bridgehead atoms. The second-order valence-electron chi connectivity index (χ2n) is 5.29. The van der Waals surface area contributed by atoms with E-state index in [1.165, 1.54) is 6.07 Å². The third-order valence-corrected chi connectivity index (χ3v) is 4.21. The van der Waals surface area contributed by atoms with Gasteiger partial charge in [0.25, 0.3) is 0 Å². The smallest absolute Gasteiger partial charge is 0.870 e. The Hall–Kier alpha value is -2.37. The summed E-state index contributed by atoms with van der Waals surface area (Å²) in [6.07, 6.45) is 5.09. The Morgan fingerprint density at radius 2 is 1.81 bits per heavy atom. The maximum absolute atomic E-state index is 14.3. The zero-order chi connectivity index (χ0) is 17.4. The summed E-state index contributed by atoms with van der Waals surface area (Å²) in [4.78, 5) is 19.3. The average molecular weight is 420 g/mol. The molecule has 0 spiro atoms. The van der Waals surface area contributed by atoms with Crippen molar-refractivity contribution in [2.75, 3.05) is 0 Å². The van der Waals surface area contributed by atoms with Gasteiger partial charge in [-0.15, -0.1) is 0 Å². The van der Waals surface area contributed by atoms with Crippen molar-refractivity contribution in [3.63, 3.8) is 0 Å². The van der Waals surface area contributed by atoms with Gasteiger partial charge < -0.3 is 10.3 Å². The zero-order valence-corrected chi connectivity index (χ0v) is 15.7. The van der Waals surface area contributed by atoms with Crippen LogP contribution in [-0.4, -0.2) is 31.3 Å². The van der Waals surface area contributed by atoms with E-state index in [2.05, 4.69) is 31.0 Å². The number of halogens is 2. The summed E-state index contributed by atoms with van der Waals surface area (Å²) in [7, 11) is 0. The molecule has 3 heterocycles. The molecular weight excluding hydrogens is 410 g/mol. The number of rotatable bonds is 3. The fourth-order valence-electron chi connectivity index (χ4n) is 2.58. The van der Waals surface area contributed by atoms with Crippen molar-refractivity contribution < 1.29 is 33.5 Å². The maximum atomic E-state index is 14.3. The number of fused-ring (bicyclic) bond motifs is 1. The van der Waals surface area contributed by atoms with E-state index in [0.29, 0.717) is 27.1 Å². The minimum Gasteiger partial charge on any atom is -0.870 e. The molecule has 6 nitrogen and oxygen atoms in total. The Morgan fingerprint density at radius 1 is 1.07 bits per heavy atom. The first-order valence-corrected chi connectivity index (χ1v) is 8.10. The molecule has 9 heteroatoms. The number of pyridine rings is 1. The largest absolute Gasteiger partial charge is 1.00 e. The maximum Gasteiger partial charge on any atom is 1.00 e. The molecule has 0 saturated heterocycles. The van der Waals surface area contributed by atoms with Gasteiger partial charge in [-0.1, -0.05) is 21.6 Å². The van der Waals surface area contributed by atoms with Crippen molar-refractivity contribution in [1.82, 2.24) is 19.6 Å². The van der Waals surface area contributed by atoms with E-state index in [1.54, 1.807) is 59.6 Å². The van der Waals surface area contributed by atoms with Crippen LogP contribution in [0.4, 0.5) is 4.39 Å². The number of benzene rings is 1. The van der Waals surface area contributed by atoms with Crippen LogP contribution in [0.3, 0.4) is 0 Å². The van der Waals surface area contributed by atoms with Gasteiger partial charge in [0.1, 0.15) is 5.82 Å². The predicted octanol–water partition coefficient (Wildman–Crippen LogP) is 0.645. The zero-order valence-electron chi connectivity index (χ0n) is 14.1. The van der Waals surface area contributed by atoms with Crippen molar-refractivity contribution in [2.45, 2.75) is 0 Å². The van der Waals surface area contributed by atoms with E-state index >= 15 is 0 Å². The number of carbonyl (C=O) groups excluding carboxylic acids is 1. The van der Waals surface area contributed by atoms with Gasteiger partial charge in [0.2, 0.25) is 0 Å². The Labute approximate surface area is 174 Å². The van der Waals surface area contributed by atoms with Gasteiger partial charge in [0.05, 0.1) is 5.69 Å². The van der Waals surface area contributed by atoms with E-state index in [1.807, 2.05) is 0 Å². The summed E-state index contributed by atoms with van der Waals surface area (Å²) in [6, 6.07) is 11.6. The van der Waals surface area contributed by atoms with Gasteiger partial charge in [-0.25, -0.2) is 8.91 Å². The molecule has 1 N–H and O–H groups in total. The van der Waals surface area contributed by atoms with Gasteiger partial charge in [0.15, 0.2) is 5.65 Å². The fraction of sp³-hybridized carbons (Fsp3) is 0. The van der Waals surface area contributed by atoms with Crippen LogP contribution in [0.5, 0.6) is 0 Å². The SMILES string of the molecule is O=[C-]c1cc(-c2ccncc2)n2nc(-c3ccc(Br)cc3F)cc2n1.[Li+].[OH-]. The first-order chi connectivity index (χ1) is 12.2. The van der Waals surface area contributed by atoms with E-state index in [0.717, 1.165) is 5.56 Å². The summed E-state index contributed by atoms with van der Waals surface area (Å²) in [5.74, 6) is -0.398. The van der Waals surface area contributed by atoms with E-state index < -0.39 is 5.82 Å². The summed E-state index contributed by atoms with van der Waals surface area (Å²) in [5, 5.41) is 4.47. The van der Waals surface area contributed by atoms with Crippen LogP contribution in [0.25, 0.3) is 28.2 Å². The molecule has 0 amide bonds. The molecule has 0 atom stereocenters. The van der Waals surface area contributed by atoms with Crippen LogP contribution in [0, 0.1) is 5.82 Å². The molecule has 4 rings (SSSR count). The first kappa shape index (κ1) is 20.9. The van der Waals surface area contributed by atoms with Gasteiger partial charge >= 0.3 is 18.9 Å². The third kappa shape index (κ3) is 3.99. The molecule has 0 saturated carbocycles. The summed E-state index contributed by atoms with van der Waals surface area (Å²) in [5.41, 5.74) is 2.83. The molecule has 130 valence electrons. The number of hydrogen-bond donors (Lipinski definition) is 0. The standard InChI is InChI=1S/C18H9BrFN4O.Li.H2O/c19-12-1-2-14(15(20)7-12)16-9-18-22-13(10-25)8-17(24(18)23-16)11-3-5-21-6-4-11;;/h1-9H;;1H2/q-1;+1;/p-1. The van der Waals surface area contributed by atoms with Crippen molar-refractivity contribution in [3.8, 4) is 22.5 Å². The molecule has 0 fully saturated rings. The van der Waals surface area contributed by atoms with Gasteiger partial charge in [-0.2, -0.15) is 11.2 Å². The minimum atomic E-state index is -0.398. The predicted molar refractivity (Wildman–Crippen MR) is 96.0 cm³/mol. The van der Waals surface area contributed by atoms with Crippen LogP contribution in [0.15, 0.2) is 59.3 Å². The molecular formula is C18H10BrFLiN4O2-. The Morgan fingerprint density at radius 3 is 2.48 bits per heavy atom. The molecule has 0 aliphatic rings. The molecule has 0 unspecified atom stereocenters. The molecule has 0 aliphatic carbocycles. The van der Waals surface area contributed by atoms with Gasteiger partial charge in [-0.3, -0.25) is 9.97 Å². The number of nitrogens with zero attached hydrogens (tertiary/aromatic N) is 4. The van der Waals surface area contributed by atoms with Crippen LogP contribution >= 0.6 is 15.9 Å². The second kappa shape index (κ2) is 8.54.